The maximum absolute atomic E-state index is 12.2. The normalized spacial score (nSPS) is 11.6. The Bertz CT molecular complexity index is 719. The van der Waals surface area contributed by atoms with E-state index in [-0.39, 0.29) is 16.5 Å². The second kappa shape index (κ2) is 6.10. The Kier molecular flexibility index (Phi) is 4.65. The summed E-state index contributed by atoms with van der Waals surface area (Å²) in [5.41, 5.74) is 1.35. The van der Waals surface area contributed by atoms with Gasteiger partial charge in [0.05, 0.1) is 5.02 Å². The Morgan fingerprint density at radius 3 is 2.45 bits per heavy atom. The smallest absolute Gasteiger partial charge is 0.242 e. The molecule has 7 heteroatoms. The molecular weight excluding hydrogens is 319 g/mol. The summed E-state index contributed by atoms with van der Waals surface area (Å²) >= 11 is 12.0. The molecule has 106 valence electrons. The minimum Gasteiger partial charge on any atom is -0.265 e. The third kappa shape index (κ3) is 3.30. The lowest BCUT2D eigenvalue weighted by Crippen LogP contribution is -2.23. The van der Waals surface area contributed by atoms with E-state index in [4.69, 9.17) is 23.2 Å². The Balaban J connectivity index is 2.25. The zero-order valence-electron chi connectivity index (χ0n) is 10.6. The number of nitrogens with zero attached hydrogens (tertiary/aromatic N) is 1. The molecule has 0 fully saturated rings. The summed E-state index contributed by atoms with van der Waals surface area (Å²) in [5.74, 6) is 0. The standard InChI is InChI=1S/C13H12Cl2N2O2S/c1-9-11(14)2-3-12(13(9)15)20(18,19)17-8-10-4-6-16-7-5-10/h2-7,17H,8H2,1H3. The van der Waals surface area contributed by atoms with Crippen molar-refractivity contribution in [1.82, 2.24) is 9.71 Å². The van der Waals surface area contributed by atoms with Crippen LogP contribution in [0.5, 0.6) is 0 Å². The lowest BCUT2D eigenvalue weighted by Gasteiger charge is -2.10. The van der Waals surface area contributed by atoms with Crippen LogP contribution in [0.3, 0.4) is 0 Å². The van der Waals surface area contributed by atoms with Gasteiger partial charge >= 0.3 is 0 Å². The van der Waals surface area contributed by atoms with Crippen molar-refractivity contribution >= 4 is 33.2 Å². The highest BCUT2D eigenvalue weighted by atomic mass is 35.5. The third-order valence-electron chi connectivity index (χ3n) is 2.79. The molecule has 0 saturated carbocycles. The fourth-order valence-corrected chi connectivity index (χ4v) is 3.42. The zero-order chi connectivity index (χ0) is 14.8. The monoisotopic (exact) mass is 330 g/mol. The first-order valence-corrected chi connectivity index (χ1v) is 7.99. The largest absolute Gasteiger partial charge is 0.265 e. The highest BCUT2D eigenvalue weighted by Gasteiger charge is 2.19. The molecule has 0 spiro atoms. The molecule has 1 aromatic heterocycles. The van der Waals surface area contributed by atoms with Crippen LogP contribution in [0.1, 0.15) is 11.1 Å². The zero-order valence-corrected chi connectivity index (χ0v) is 12.9. The predicted octanol–water partition coefficient (Wildman–Crippen LogP) is 3.18. The Hall–Kier alpha value is -1.14. The van der Waals surface area contributed by atoms with Crippen molar-refractivity contribution in [2.75, 3.05) is 0 Å². The molecule has 4 nitrogen and oxygen atoms in total. The van der Waals surface area contributed by atoms with Crippen LogP contribution in [0, 0.1) is 6.92 Å². The molecule has 0 saturated heterocycles. The van der Waals surface area contributed by atoms with Gasteiger partial charge in [0.15, 0.2) is 0 Å². The molecule has 0 bridgehead atoms. The Morgan fingerprint density at radius 1 is 1.15 bits per heavy atom. The van der Waals surface area contributed by atoms with Crippen LogP contribution >= 0.6 is 23.2 Å². The summed E-state index contributed by atoms with van der Waals surface area (Å²) in [6.07, 6.45) is 3.20. The first-order valence-electron chi connectivity index (χ1n) is 5.75. The van der Waals surface area contributed by atoms with E-state index in [1.807, 2.05) is 0 Å². The summed E-state index contributed by atoms with van der Waals surface area (Å²) in [4.78, 5) is 3.89. The summed E-state index contributed by atoms with van der Waals surface area (Å²) in [6, 6.07) is 6.38. The van der Waals surface area contributed by atoms with Gasteiger partial charge in [-0.2, -0.15) is 0 Å². The van der Waals surface area contributed by atoms with Gasteiger partial charge in [0.1, 0.15) is 4.90 Å². The SMILES string of the molecule is Cc1c(Cl)ccc(S(=O)(=O)NCc2ccncc2)c1Cl. The topological polar surface area (TPSA) is 59.1 Å². The van der Waals surface area contributed by atoms with Crippen molar-refractivity contribution in [1.29, 1.82) is 0 Å². The van der Waals surface area contributed by atoms with Crippen molar-refractivity contribution < 1.29 is 8.42 Å². The summed E-state index contributed by atoms with van der Waals surface area (Å²) in [6.45, 7) is 1.84. The average molecular weight is 331 g/mol. The molecule has 0 aliphatic carbocycles. The van der Waals surface area contributed by atoms with Gasteiger partial charge in [0, 0.05) is 24.0 Å². The van der Waals surface area contributed by atoms with E-state index in [0.717, 1.165) is 5.56 Å². The van der Waals surface area contributed by atoms with Crippen LogP contribution < -0.4 is 4.72 Å². The second-order valence-corrected chi connectivity index (χ2v) is 6.69. The van der Waals surface area contributed by atoms with Gasteiger partial charge in [-0.3, -0.25) is 4.98 Å². The van der Waals surface area contributed by atoms with Crippen molar-refractivity contribution in [3.8, 4) is 0 Å². The molecule has 1 N–H and O–H groups in total. The Labute approximate surface area is 127 Å². The van der Waals surface area contributed by atoms with Gasteiger partial charge in [-0.15, -0.1) is 0 Å². The van der Waals surface area contributed by atoms with E-state index in [0.29, 0.717) is 10.6 Å². The van der Waals surface area contributed by atoms with Gasteiger partial charge < -0.3 is 0 Å². The molecule has 2 rings (SSSR count). The highest BCUT2D eigenvalue weighted by Crippen LogP contribution is 2.30. The van der Waals surface area contributed by atoms with Crippen LogP contribution in [0.15, 0.2) is 41.6 Å². The van der Waals surface area contributed by atoms with E-state index in [1.54, 1.807) is 31.5 Å². The average Bonchev–Trinajstić information content (AvgIpc) is 2.44. The minimum absolute atomic E-state index is 0.0233. The molecular formula is C13H12Cl2N2O2S. The predicted molar refractivity (Wildman–Crippen MR) is 79.5 cm³/mol. The van der Waals surface area contributed by atoms with Crippen LogP contribution in [0.2, 0.25) is 10.0 Å². The first-order chi connectivity index (χ1) is 9.42. The van der Waals surface area contributed by atoms with Gasteiger partial charge in [-0.25, -0.2) is 13.1 Å². The minimum atomic E-state index is -3.69. The quantitative estimate of drug-likeness (QED) is 0.936. The van der Waals surface area contributed by atoms with Gasteiger partial charge in [0.25, 0.3) is 0 Å². The number of halogens is 2. The lowest BCUT2D eigenvalue weighted by atomic mass is 10.2. The fraction of sp³-hybridized carbons (Fsp3) is 0.154. The maximum atomic E-state index is 12.2. The number of hydrogen-bond acceptors (Lipinski definition) is 3. The van der Waals surface area contributed by atoms with E-state index < -0.39 is 10.0 Å². The summed E-state index contributed by atoms with van der Waals surface area (Å²) < 4.78 is 27.0. The number of rotatable bonds is 4. The van der Waals surface area contributed by atoms with E-state index in [2.05, 4.69) is 9.71 Å². The van der Waals surface area contributed by atoms with Gasteiger partial charge in [-0.05, 0) is 42.3 Å². The number of hydrogen-bond donors (Lipinski definition) is 1. The van der Waals surface area contributed by atoms with Crippen LogP contribution in [0.4, 0.5) is 0 Å². The van der Waals surface area contributed by atoms with Gasteiger partial charge in [0.2, 0.25) is 10.0 Å². The molecule has 1 aromatic carbocycles. The van der Waals surface area contributed by atoms with Crippen molar-refractivity contribution in [3.05, 3.63) is 57.8 Å². The molecule has 1 heterocycles. The van der Waals surface area contributed by atoms with E-state index in [9.17, 15) is 8.42 Å². The van der Waals surface area contributed by atoms with Crippen LogP contribution in [-0.4, -0.2) is 13.4 Å². The number of sulfonamides is 1. The van der Waals surface area contributed by atoms with E-state index >= 15 is 0 Å². The van der Waals surface area contributed by atoms with Crippen LogP contribution in [0.25, 0.3) is 0 Å². The lowest BCUT2D eigenvalue weighted by molar-refractivity contribution is 0.581. The van der Waals surface area contributed by atoms with Crippen molar-refractivity contribution in [3.63, 3.8) is 0 Å². The van der Waals surface area contributed by atoms with E-state index in [1.165, 1.54) is 12.1 Å². The first kappa shape index (κ1) is 15.3. The fourth-order valence-electron chi connectivity index (χ4n) is 1.60. The van der Waals surface area contributed by atoms with Crippen LogP contribution in [-0.2, 0) is 16.6 Å². The number of benzene rings is 1. The molecule has 0 unspecified atom stereocenters. The molecule has 0 radical (unpaired) electrons. The molecule has 0 atom stereocenters. The number of nitrogens with one attached hydrogen (secondary N) is 1. The number of aromatic nitrogens is 1. The maximum Gasteiger partial charge on any atom is 0.242 e. The molecule has 0 aliphatic heterocycles. The van der Waals surface area contributed by atoms with Crippen molar-refractivity contribution in [2.45, 2.75) is 18.4 Å². The Morgan fingerprint density at radius 2 is 1.80 bits per heavy atom. The summed E-state index contributed by atoms with van der Waals surface area (Å²) in [7, 11) is -3.69. The highest BCUT2D eigenvalue weighted by molar-refractivity contribution is 7.89. The second-order valence-electron chi connectivity index (χ2n) is 4.16. The molecule has 0 amide bonds. The van der Waals surface area contributed by atoms with Crippen molar-refractivity contribution in [2.24, 2.45) is 0 Å². The summed E-state index contributed by atoms with van der Waals surface area (Å²) in [5, 5.41) is 0.572. The third-order valence-corrected chi connectivity index (χ3v) is 5.24. The van der Waals surface area contributed by atoms with Gasteiger partial charge in [-0.1, -0.05) is 23.2 Å². The molecule has 0 aliphatic rings. The molecule has 2 aromatic rings. The molecule has 20 heavy (non-hydrogen) atoms. The number of pyridine rings is 1.